The van der Waals surface area contributed by atoms with Crippen LogP contribution in [0, 0.1) is 5.41 Å². The van der Waals surface area contributed by atoms with Crippen LogP contribution in [0.25, 0.3) is 0 Å². The zero-order valence-electron chi connectivity index (χ0n) is 50.1. The predicted molar refractivity (Wildman–Crippen MR) is 289 cm³/mol. The lowest BCUT2D eigenvalue weighted by atomic mass is 9.90. The van der Waals surface area contributed by atoms with Crippen molar-refractivity contribution >= 4 is 0 Å². The molecule has 0 aromatic heterocycles. The fraction of sp³-hybridized carbons (Fsp3) is 1.00. The minimum atomic E-state index is -0.864. The molecule has 0 aliphatic carbocycles. The SMILES string of the molecule is CC1CN1CC(O)CC(C)(C)OCCC(C)(C)OCC(COC(C)(C)CCOC(C)(C)CC(O)CN1CC1C)(COC(C)(C)COC(C)(C)C(O)CN1CC1C)COC(C)(C)COC(C)(C)C(O)CN1CC1C. The average Bonchev–Trinajstić information content (AvgIpc) is 4.19. The molecule has 4 aliphatic rings. The van der Waals surface area contributed by atoms with Crippen molar-refractivity contribution in [3.63, 3.8) is 0 Å². The first-order chi connectivity index (χ1) is 33.2. The molecule has 432 valence electrons. The number of rotatable bonds is 40. The molecule has 0 radical (unpaired) electrons. The van der Waals surface area contributed by atoms with E-state index in [1.54, 1.807) is 0 Å². The van der Waals surface area contributed by atoms with Gasteiger partial charge in [-0.1, -0.05) is 0 Å². The van der Waals surface area contributed by atoms with E-state index in [1.165, 1.54) is 0 Å². The number of nitrogens with zero attached hydrogens (tertiary/aromatic N) is 4. The first kappa shape index (κ1) is 64.9. The molecule has 12 atom stereocenters. The van der Waals surface area contributed by atoms with Crippen LogP contribution in [0.15, 0.2) is 0 Å². The van der Waals surface area contributed by atoms with Crippen molar-refractivity contribution < 1.29 is 58.3 Å². The van der Waals surface area contributed by atoms with Crippen LogP contribution in [-0.4, -0.2) is 239 Å². The van der Waals surface area contributed by atoms with E-state index in [0.29, 0.717) is 89.2 Å². The predicted octanol–water partition coefficient (Wildman–Crippen LogP) is 6.15. The van der Waals surface area contributed by atoms with Crippen LogP contribution in [0.3, 0.4) is 0 Å². The summed E-state index contributed by atoms with van der Waals surface area (Å²) >= 11 is 0. The average molecular weight is 1050 g/mol. The minimum absolute atomic E-state index is 0.188. The molecule has 0 aromatic rings. The van der Waals surface area contributed by atoms with Gasteiger partial charge in [-0.05, 0) is 151 Å². The van der Waals surface area contributed by atoms with Crippen LogP contribution in [-0.2, 0) is 37.9 Å². The number of hydrogen-bond donors (Lipinski definition) is 4. The van der Waals surface area contributed by atoms with E-state index in [4.69, 9.17) is 37.9 Å². The topological polar surface area (TPSA) is 167 Å². The molecule has 4 saturated heterocycles. The highest BCUT2D eigenvalue weighted by Crippen LogP contribution is 2.34. The summed E-state index contributed by atoms with van der Waals surface area (Å²) in [5.74, 6) is 0. The molecule has 0 bridgehead atoms. The zero-order valence-corrected chi connectivity index (χ0v) is 50.1. The maximum absolute atomic E-state index is 11.2. The van der Waals surface area contributed by atoms with Gasteiger partial charge in [0, 0.05) is 89.4 Å². The largest absolute Gasteiger partial charge is 0.392 e. The lowest BCUT2D eigenvalue weighted by molar-refractivity contribution is -0.216. The lowest BCUT2D eigenvalue weighted by Crippen LogP contribution is -2.51. The molecule has 16 heteroatoms. The van der Waals surface area contributed by atoms with E-state index in [0.717, 1.165) is 26.2 Å². The summed E-state index contributed by atoms with van der Waals surface area (Å²) < 4.78 is 53.8. The lowest BCUT2D eigenvalue weighted by Gasteiger charge is -2.43. The second kappa shape index (κ2) is 25.6. The third-order valence-corrected chi connectivity index (χ3v) is 15.8. The van der Waals surface area contributed by atoms with Gasteiger partial charge >= 0.3 is 0 Å². The number of ether oxygens (including phenoxy) is 8. The van der Waals surface area contributed by atoms with E-state index in [-0.39, 0.29) is 39.6 Å². The Morgan fingerprint density at radius 3 is 0.890 bits per heavy atom. The molecule has 12 unspecified atom stereocenters. The molecule has 4 fully saturated rings. The highest BCUT2D eigenvalue weighted by Gasteiger charge is 2.44. The van der Waals surface area contributed by atoms with Gasteiger partial charge in [0.1, 0.15) is 0 Å². The van der Waals surface area contributed by atoms with Crippen molar-refractivity contribution in [3.8, 4) is 0 Å². The molecule has 4 heterocycles. The summed E-state index contributed by atoms with van der Waals surface area (Å²) in [4.78, 5) is 9.00. The van der Waals surface area contributed by atoms with Crippen molar-refractivity contribution in [3.05, 3.63) is 0 Å². The second-order valence-corrected chi connectivity index (χ2v) is 28.2. The summed E-state index contributed by atoms with van der Waals surface area (Å²) in [6, 6.07) is 2.00. The standard InChI is InChI=1S/C57H112N4O12/c1-41-27-58(41)31-45(62)25-51(9,10)66-23-21-49(5,6)68-37-57(39-70-53(13,14)35-72-55(17,18)47(64)33-60-29-43(60)3,40-71-54(15,16)36-73-56(19,20)48(65)34-61-30-44(61)4)38-69-50(7,8)22-24-67-52(11,12)26-46(63)32-59-28-42(59)2/h41-48,62-65H,21-40H2,1-20H3. The van der Waals surface area contributed by atoms with Crippen LogP contribution >= 0.6 is 0 Å². The maximum atomic E-state index is 11.2. The monoisotopic (exact) mass is 1040 g/mol. The Balaban J connectivity index is 1.53. The van der Waals surface area contributed by atoms with E-state index >= 15 is 0 Å². The second-order valence-electron chi connectivity index (χ2n) is 28.2. The molecule has 0 amide bonds. The van der Waals surface area contributed by atoms with E-state index in [1.807, 2.05) is 83.1 Å². The van der Waals surface area contributed by atoms with Crippen LogP contribution in [0.4, 0.5) is 0 Å². The number of β-amino-alcohol motifs (C(OH)–C–C–N with tert-alkyl or cyclic N) is 4. The minimum Gasteiger partial charge on any atom is -0.392 e. The van der Waals surface area contributed by atoms with Crippen LogP contribution in [0.1, 0.15) is 164 Å². The first-order valence-corrected chi connectivity index (χ1v) is 28.0. The Morgan fingerprint density at radius 1 is 0.356 bits per heavy atom. The van der Waals surface area contributed by atoms with E-state index in [2.05, 4.69) is 75.0 Å². The van der Waals surface area contributed by atoms with Gasteiger partial charge in [0.15, 0.2) is 0 Å². The molecule has 4 aliphatic heterocycles. The number of aliphatic hydroxyl groups is 4. The fourth-order valence-corrected chi connectivity index (χ4v) is 8.92. The van der Waals surface area contributed by atoms with E-state index < -0.39 is 74.6 Å². The van der Waals surface area contributed by atoms with Crippen molar-refractivity contribution in [2.75, 3.05) is 105 Å². The summed E-state index contributed by atoms with van der Waals surface area (Å²) in [5.41, 5.74) is -6.37. The molecule has 4 rings (SSSR count). The molecule has 16 nitrogen and oxygen atoms in total. The summed E-state index contributed by atoms with van der Waals surface area (Å²) in [6.07, 6.45) is -0.0274. The summed E-state index contributed by atoms with van der Waals surface area (Å²) in [5, 5.41) is 44.2. The smallest absolute Gasteiger partial charge is 0.0951 e. The molecule has 4 N–H and O–H groups in total. The van der Waals surface area contributed by atoms with Crippen LogP contribution in [0.5, 0.6) is 0 Å². The molecular formula is C57H112N4O12. The van der Waals surface area contributed by atoms with Crippen molar-refractivity contribution in [1.82, 2.24) is 19.6 Å². The quantitative estimate of drug-likeness (QED) is 0.0516. The van der Waals surface area contributed by atoms with Gasteiger partial charge in [0.05, 0.1) is 127 Å². The highest BCUT2D eigenvalue weighted by atomic mass is 16.6. The van der Waals surface area contributed by atoms with Crippen molar-refractivity contribution in [2.45, 2.75) is 258 Å². The van der Waals surface area contributed by atoms with E-state index in [9.17, 15) is 20.4 Å². The van der Waals surface area contributed by atoms with Gasteiger partial charge in [-0.25, -0.2) is 0 Å². The molecule has 0 saturated carbocycles. The van der Waals surface area contributed by atoms with Gasteiger partial charge in [-0.15, -0.1) is 0 Å². The third kappa shape index (κ3) is 24.1. The molecule has 0 aromatic carbocycles. The van der Waals surface area contributed by atoms with Crippen LogP contribution < -0.4 is 0 Å². The Morgan fingerprint density at radius 2 is 0.616 bits per heavy atom. The van der Waals surface area contributed by atoms with Gasteiger partial charge in [-0.2, -0.15) is 0 Å². The fourth-order valence-electron chi connectivity index (χ4n) is 8.92. The Labute approximate surface area is 444 Å². The van der Waals surface area contributed by atoms with Crippen LogP contribution in [0.2, 0.25) is 0 Å². The zero-order chi connectivity index (χ0) is 55.2. The third-order valence-electron chi connectivity index (χ3n) is 15.8. The Hall–Kier alpha value is -0.640. The maximum Gasteiger partial charge on any atom is 0.0951 e. The normalized spacial score (nSPS) is 27.6. The highest BCUT2D eigenvalue weighted by molar-refractivity contribution is 4.95. The molecular weight excluding hydrogens is 933 g/mol. The van der Waals surface area contributed by atoms with Crippen molar-refractivity contribution in [1.29, 1.82) is 0 Å². The molecule has 0 spiro atoms. The Bertz CT molecular complexity index is 1540. The first-order valence-electron chi connectivity index (χ1n) is 28.0. The summed E-state index contributed by atoms with van der Waals surface area (Å²) in [7, 11) is 0. The van der Waals surface area contributed by atoms with Gasteiger partial charge in [0.2, 0.25) is 0 Å². The van der Waals surface area contributed by atoms with Gasteiger partial charge in [-0.3, -0.25) is 19.6 Å². The number of hydrogen-bond acceptors (Lipinski definition) is 16. The van der Waals surface area contributed by atoms with Gasteiger partial charge < -0.3 is 58.3 Å². The van der Waals surface area contributed by atoms with Gasteiger partial charge in [0.25, 0.3) is 0 Å². The summed E-state index contributed by atoms with van der Waals surface area (Å²) in [6.45, 7) is 49.4. The van der Waals surface area contributed by atoms with Crippen molar-refractivity contribution in [2.24, 2.45) is 5.41 Å². The Kier molecular flexibility index (Phi) is 22.8. The number of aliphatic hydroxyl groups excluding tert-OH is 4. The molecule has 73 heavy (non-hydrogen) atoms.